The summed E-state index contributed by atoms with van der Waals surface area (Å²) in [5, 5.41) is 21.6. The van der Waals surface area contributed by atoms with Crippen molar-refractivity contribution in [2.24, 2.45) is 16.3 Å². The lowest BCUT2D eigenvalue weighted by atomic mass is 10.0. The second-order valence-corrected chi connectivity index (χ2v) is 8.57. The Labute approximate surface area is 285 Å². The lowest BCUT2D eigenvalue weighted by Crippen LogP contribution is -2.13. The van der Waals surface area contributed by atoms with Crippen molar-refractivity contribution in [1.29, 1.82) is 0 Å². The normalized spacial score (nSPS) is 8.44. The number of hydrogen-bond donors (Lipinski definition) is 3. The van der Waals surface area contributed by atoms with E-state index in [9.17, 15) is 10.1 Å². The molecule has 14 heteroatoms. The third-order valence-corrected chi connectivity index (χ3v) is 5.30. The Morgan fingerprint density at radius 1 is 0.854 bits per heavy atom. The fraction of sp³-hybridized carbons (Fsp3) is 0.176. The van der Waals surface area contributed by atoms with E-state index >= 15 is 0 Å². The summed E-state index contributed by atoms with van der Waals surface area (Å²) in [6.45, 7) is 11.2. The van der Waals surface area contributed by atoms with Gasteiger partial charge < -0.3 is 24.1 Å². The van der Waals surface area contributed by atoms with E-state index in [-0.39, 0.29) is 8.56 Å². The van der Waals surface area contributed by atoms with Crippen molar-refractivity contribution in [3.8, 4) is 118 Å². The van der Waals surface area contributed by atoms with Gasteiger partial charge in [0, 0.05) is 25.2 Å². The van der Waals surface area contributed by atoms with Crippen LogP contribution in [-0.4, -0.2) is 30.3 Å². The number of aryl methyl sites for hydroxylation is 5. The predicted molar refractivity (Wildman–Crippen MR) is 189 cm³/mol. The highest BCUT2D eigenvalue weighted by atomic mass is 16.7. The number of nitrogens with two attached hydrogens (primary N) is 1. The van der Waals surface area contributed by atoms with Gasteiger partial charge in [-0.05, 0) is 130 Å². The Morgan fingerprint density at radius 2 is 1.35 bits per heavy atom. The van der Waals surface area contributed by atoms with E-state index in [4.69, 9.17) is 20.5 Å². The maximum atomic E-state index is 9.24. The summed E-state index contributed by atoms with van der Waals surface area (Å²) < 4.78 is 10.6. The van der Waals surface area contributed by atoms with Crippen molar-refractivity contribution in [2.75, 3.05) is 0 Å². The summed E-state index contributed by atoms with van der Waals surface area (Å²) in [6.07, 6.45) is 4.88. The van der Waals surface area contributed by atoms with Gasteiger partial charge >= 0.3 is 0 Å². The van der Waals surface area contributed by atoms with Crippen molar-refractivity contribution in [3.63, 3.8) is 0 Å². The number of pyridine rings is 1. The highest BCUT2D eigenvalue weighted by Gasteiger charge is 2.21. The fourth-order valence-corrected chi connectivity index (χ4v) is 3.65. The molecular formula is C34H36N10O4. The smallest absolute Gasteiger partial charge is 0.193 e. The van der Waals surface area contributed by atoms with Gasteiger partial charge in [-0.3, -0.25) is 5.84 Å². The van der Waals surface area contributed by atoms with Gasteiger partial charge in [-0.1, -0.05) is 16.2 Å². The average molecular weight is 649 g/mol. The van der Waals surface area contributed by atoms with Crippen LogP contribution in [0.3, 0.4) is 0 Å². The van der Waals surface area contributed by atoms with Gasteiger partial charge in [0.15, 0.2) is 10.9 Å². The van der Waals surface area contributed by atoms with Gasteiger partial charge in [-0.15, -0.1) is 6.42 Å². The summed E-state index contributed by atoms with van der Waals surface area (Å²) in [7, 11) is 0. The molecule has 0 aliphatic rings. The predicted octanol–water partition coefficient (Wildman–Crippen LogP) is 4.96. The summed E-state index contributed by atoms with van der Waals surface area (Å²) in [4.78, 5) is 21.7. The van der Waals surface area contributed by atoms with Crippen LogP contribution in [0.1, 0.15) is 44.2 Å². The van der Waals surface area contributed by atoms with E-state index in [1.807, 2.05) is 40.7 Å². The molecule has 0 aromatic carbocycles. The number of hydrogen-bond acceptors (Lipinski definition) is 10. The largest absolute Gasteiger partial charge is 0.361 e. The molecular weight excluding hydrogens is 612 g/mol. The zero-order valence-corrected chi connectivity index (χ0v) is 26.5. The summed E-state index contributed by atoms with van der Waals surface area (Å²) in [5.41, 5.74) is 8.10. The molecule has 0 amide bonds. The minimum atomic E-state index is -0.879. The molecule has 0 saturated carbocycles. The zero-order valence-electron chi connectivity index (χ0n) is 26.5. The van der Waals surface area contributed by atoms with Crippen molar-refractivity contribution in [1.82, 2.24) is 30.8 Å². The molecule has 0 bridgehead atoms. The van der Waals surface area contributed by atoms with Crippen molar-refractivity contribution in [3.05, 3.63) is 44.9 Å². The number of rotatable bonds is 4. The summed E-state index contributed by atoms with van der Waals surface area (Å²) in [6, 6.07) is 2.01. The molecule has 0 unspecified atom stereocenters. The highest BCUT2D eigenvalue weighted by Crippen LogP contribution is 2.36. The topological polar surface area (TPSA) is 200 Å². The Balaban J connectivity index is -0.000000238. The van der Waals surface area contributed by atoms with Crippen LogP contribution in [-0.2, 0) is 0 Å². The molecule has 4 heterocycles. The maximum Gasteiger partial charge on any atom is 0.193 e. The van der Waals surface area contributed by atoms with Crippen LogP contribution in [0.25, 0.3) is 33.5 Å². The number of nitrogens with one attached hydrogen (secondary N) is 2. The molecule has 4 aromatic rings. The molecule has 0 spiro atoms. The minimum Gasteiger partial charge on any atom is -0.361 e. The van der Waals surface area contributed by atoms with Gasteiger partial charge in [0.2, 0.25) is 0 Å². The number of aromatic amines is 1. The van der Waals surface area contributed by atoms with E-state index in [1.54, 1.807) is 6.92 Å². The van der Waals surface area contributed by atoms with Gasteiger partial charge in [0.25, 0.3) is 0 Å². The molecule has 0 saturated heterocycles. The molecule has 0 atom stereocenters. The van der Waals surface area contributed by atoms with Gasteiger partial charge in [0.1, 0.15) is 17.3 Å². The molecule has 14 nitrogen and oxygen atoms in total. The maximum absolute atomic E-state index is 9.24. The highest BCUT2D eigenvalue weighted by molar-refractivity contribution is 5.94. The molecule has 48 heavy (non-hydrogen) atoms. The Kier molecular flexibility index (Phi) is 14.7. The number of terminal acetylenes is 1. The number of H-pyrrole nitrogens is 1. The molecule has 4 rings (SSSR count). The van der Waals surface area contributed by atoms with E-state index in [1.165, 1.54) is 5.53 Å². The number of fused-ring (bicyclic) bond motifs is 1. The summed E-state index contributed by atoms with van der Waals surface area (Å²) in [5.74, 6) is 43.6. The van der Waals surface area contributed by atoms with E-state index in [2.05, 4.69) is 125 Å². The zero-order chi connectivity index (χ0) is 35.3. The van der Waals surface area contributed by atoms with Crippen LogP contribution in [0, 0.1) is 140 Å². The molecule has 0 fully saturated rings. The first kappa shape index (κ1) is 36.3. The van der Waals surface area contributed by atoms with Gasteiger partial charge in [-0.2, -0.15) is 0 Å². The number of nitro groups is 1. The van der Waals surface area contributed by atoms with Crippen molar-refractivity contribution < 1.29 is 22.6 Å². The second kappa shape index (κ2) is 19.4. The molecule has 4 aromatic heterocycles. The minimum absolute atomic E-state index is 0. The lowest BCUT2D eigenvalue weighted by molar-refractivity contribution is -0.546. The van der Waals surface area contributed by atoms with Crippen LogP contribution in [0.2, 0.25) is 0 Å². The van der Waals surface area contributed by atoms with Crippen molar-refractivity contribution in [2.45, 2.75) is 41.5 Å². The number of nitrogens with zero attached hydrogens (tertiary/aromatic N) is 7. The third-order valence-electron chi connectivity index (χ3n) is 5.30. The van der Waals surface area contributed by atoms with Crippen LogP contribution in [0.4, 0.5) is 0 Å². The van der Waals surface area contributed by atoms with Crippen LogP contribution < -0.4 is 11.4 Å². The van der Waals surface area contributed by atoms with Crippen LogP contribution in [0.15, 0.2) is 25.6 Å². The number of aromatic nitrogens is 5. The molecule has 4 N–H and O–H groups in total. The first-order chi connectivity index (χ1) is 23.1. The first-order valence-corrected chi connectivity index (χ1v) is 13.3. The van der Waals surface area contributed by atoms with Gasteiger partial charge in [0.05, 0.1) is 38.4 Å². The number of imidazole rings is 1. The molecule has 0 radical (unpaired) electrons. The first-order valence-electron chi connectivity index (χ1n) is 13.3. The van der Waals surface area contributed by atoms with E-state index in [0.29, 0.717) is 5.65 Å². The standard InChI is InChI=1S/C17H17N5O2.C17H4.H3N5O2.6H2/c1-7-14(9(3)23-21-7)12-6-13(15-8(2)22-24-10(15)4)20-17-16(12)18-11(5)19-17;1-3-5-7-9-11-13-15-17-16-14-12-10-8-6-4-2;1-2-3-4-5(6)7;;;;;;/h6H,1-5H3,(H,18,19,20);1H,2H3;(H2,1,3)(H,2,4);6*1H. The molecule has 0 aliphatic carbocycles. The second-order valence-electron chi connectivity index (χ2n) is 8.57. The molecule has 246 valence electrons. The van der Waals surface area contributed by atoms with Gasteiger partial charge in [-0.25, -0.2) is 9.97 Å². The average Bonchev–Trinajstić information content (AvgIpc) is 3.72. The monoisotopic (exact) mass is 648 g/mol. The quantitative estimate of drug-likeness (QED) is 0.0893. The lowest BCUT2D eigenvalue weighted by Gasteiger charge is -2.06. The van der Waals surface area contributed by atoms with E-state index < -0.39 is 5.03 Å². The Hall–Kier alpha value is -7.88. The number of hydrazine groups is 1. The van der Waals surface area contributed by atoms with Crippen molar-refractivity contribution >= 4 is 11.2 Å². The Bertz CT molecular complexity index is 2330. The van der Waals surface area contributed by atoms with Crippen LogP contribution in [0.5, 0.6) is 0 Å². The van der Waals surface area contributed by atoms with Crippen LogP contribution >= 0.6 is 0 Å². The summed E-state index contributed by atoms with van der Waals surface area (Å²) >= 11 is 0. The van der Waals surface area contributed by atoms with E-state index in [0.717, 1.165) is 56.6 Å². The Morgan fingerprint density at radius 3 is 1.77 bits per heavy atom. The molecule has 0 aliphatic heterocycles. The fourth-order valence-electron chi connectivity index (χ4n) is 3.65. The SMILES string of the molecule is C#CC#CC#CC#CC#CC#CC#CC#CC.Cc1nc2nc(-c3c(C)noc3C)cc(-c3c(C)noc3C)c2[nH]1.NN=NN[N+](=O)[O-].[HH].[HH].[HH].[HH].[HH].[HH]. The third kappa shape index (κ3) is 11.3.